The van der Waals surface area contributed by atoms with Crippen molar-refractivity contribution in [1.29, 1.82) is 0 Å². The third-order valence-corrected chi connectivity index (χ3v) is 9.46. The number of hydrogen-bond donors (Lipinski definition) is 3. The molecule has 9 nitrogen and oxygen atoms in total. The molecule has 0 spiro atoms. The molecule has 0 saturated heterocycles. The van der Waals surface area contributed by atoms with Crippen LogP contribution in [0, 0.1) is 0 Å². The summed E-state index contributed by atoms with van der Waals surface area (Å²) in [5.41, 5.74) is 1.86. The second-order valence-electron chi connectivity index (χ2n) is 11.0. The molecular formula is C31H57N4O5P. The van der Waals surface area contributed by atoms with Crippen LogP contribution in [0.1, 0.15) is 129 Å². The Morgan fingerprint density at radius 2 is 1.41 bits per heavy atom. The molecule has 3 N–H and O–H groups in total. The zero-order valence-corrected chi connectivity index (χ0v) is 26.7. The van der Waals surface area contributed by atoms with Crippen molar-refractivity contribution in [3.8, 4) is 0 Å². The second kappa shape index (κ2) is 23.0. The quantitative estimate of drug-likeness (QED) is 0.0514. The maximum Gasteiger partial charge on any atom is 0.332 e. The number of nitrogens with zero attached hydrogens (tertiary/aromatic N) is 1. The summed E-state index contributed by atoms with van der Waals surface area (Å²) in [6.07, 6.45) is 25.6. The Balaban J connectivity index is 1.40. The molecule has 1 atom stereocenters. The first-order valence-electron chi connectivity index (χ1n) is 16.3. The lowest BCUT2D eigenvalue weighted by Crippen LogP contribution is -2.17. The van der Waals surface area contributed by atoms with Gasteiger partial charge in [0.05, 0.1) is 24.6 Å². The lowest BCUT2D eigenvalue weighted by atomic mass is 10.0. The van der Waals surface area contributed by atoms with Crippen LogP contribution in [-0.2, 0) is 24.9 Å². The van der Waals surface area contributed by atoms with E-state index < -0.39 is 7.60 Å². The summed E-state index contributed by atoms with van der Waals surface area (Å²) in [5, 5.41) is 3.31. The van der Waals surface area contributed by atoms with Crippen LogP contribution in [0.25, 0.3) is 11.0 Å². The Morgan fingerprint density at radius 1 is 0.805 bits per heavy atom. The van der Waals surface area contributed by atoms with Crippen LogP contribution < -0.4 is 10.9 Å². The van der Waals surface area contributed by atoms with Gasteiger partial charge in [0.25, 0.3) is 5.56 Å². The molecule has 2 rings (SSSR count). The fourth-order valence-corrected chi connectivity index (χ4v) is 6.56. The van der Waals surface area contributed by atoms with Crippen LogP contribution in [0.5, 0.6) is 0 Å². The van der Waals surface area contributed by atoms with E-state index in [9.17, 15) is 9.36 Å². The molecule has 0 radical (unpaired) electrons. The molecule has 0 bridgehead atoms. The van der Waals surface area contributed by atoms with Gasteiger partial charge in [-0.2, -0.15) is 0 Å². The van der Waals surface area contributed by atoms with E-state index in [1.165, 1.54) is 96.2 Å². The largest absolute Gasteiger partial charge is 0.355 e. The van der Waals surface area contributed by atoms with Gasteiger partial charge in [-0.1, -0.05) is 103 Å². The van der Waals surface area contributed by atoms with Gasteiger partial charge in [-0.05, 0) is 26.3 Å². The van der Waals surface area contributed by atoms with E-state index in [-0.39, 0.29) is 12.4 Å². The van der Waals surface area contributed by atoms with Crippen LogP contribution >= 0.6 is 7.60 Å². The van der Waals surface area contributed by atoms with E-state index in [2.05, 4.69) is 27.2 Å². The van der Waals surface area contributed by atoms with Crippen molar-refractivity contribution in [2.75, 3.05) is 32.7 Å². The molecule has 2 aromatic heterocycles. The molecule has 0 fully saturated rings. The van der Waals surface area contributed by atoms with Gasteiger partial charge < -0.3 is 24.5 Å². The molecule has 236 valence electrons. The van der Waals surface area contributed by atoms with Gasteiger partial charge >= 0.3 is 7.60 Å². The number of rotatable bonds is 28. The van der Waals surface area contributed by atoms with E-state index in [4.69, 9.17) is 13.8 Å². The highest BCUT2D eigenvalue weighted by molar-refractivity contribution is 7.53. The molecule has 0 aliphatic rings. The summed E-state index contributed by atoms with van der Waals surface area (Å²) in [5.74, 6) is 0. The van der Waals surface area contributed by atoms with Crippen LogP contribution in [-0.4, -0.2) is 47.7 Å². The molecule has 2 aromatic rings. The highest BCUT2D eigenvalue weighted by Gasteiger charge is 2.23. The highest BCUT2D eigenvalue weighted by Crippen LogP contribution is 2.48. The van der Waals surface area contributed by atoms with Gasteiger partial charge in [0.15, 0.2) is 6.79 Å². The van der Waals surface area contributed by atoms with E-state index >= 15 is 0 Å². The lowest BCUT2D eigenvalue weighted by Gasteiger charge is -2.18. The van der Waals surface area contributed by atoms with Crippen molar-refractivity contribution in [2.45, 2.75) is 130 Å². The highest BCUT2D eigenvalue weighted by atomic mass is 31.2. The number of aromatic amines is 2. The van der Waals surface area contributed by atoms with Gasteiger partial charge in [0.2, 0.25) is 0 Å². The lowest BCUT2D eigenvalue weighted by molar-refractivity contribution is 0.00379. The summed E-state index contributed by atoms with van der Waals surface area (Å²) in [7, 11) is -3.19. The minimum absolute atomic E-state index is 0.000991. The Hall–Kier alpha value is -1.51. The average molecular weight is 597 g/mol. The van der Waals surface area contributed by atoms with Crippen molar-refractivity contribution in [1.82, 2.24) is 20.3 Å². The third kappa shape index (κ3) is 16.1. The average Bonchev–Trinajstić information content (AvgIpc) is 3.38. The minimum atomic E-state index is -3.19. The zero-order valence-electron chi connectivity index (χ0n) is 25.9. The number of ether oxygens (including phenoxy) is 1. The SMILES string of the molecule is CCCCCCCCCCCCCCCCCCOCOP(=O)(CCCNCc1c[nH]c2c(=O)[nH]cnc12)OCC. The van der Waals surface area contributed by atoms with Gasteiger partial charge in [-0.3, -0.25) is 13.9 Å². The maximum atomic E-state index is 13.0. The van der Waals surface area contributed by atoms with E-state index in [1.807, 2.05) is 6.92 Å². The number of fused-ring (bicyclic) bond motifs is 1. The normalized spacial score (nSPS) is 13.2. The second-order valence-corrected chi connectivity index (χ2v) is 13.2. The summed E-state index contributed by atoms with van der Waals surface area (Å²) in [6.45, 7) is 6.23. The Kier molecular flexibility index (Phi) is 20.0. The molecule has 0 amide bonds. The zero-order chi connectivity index (χ0) is 29.4. The van der Waals surface area contributed by atoms with Crippen LogP contribution in [0.4, 0.5) is 0 Å². The van der Waals surface area contributed by atoms with E-state index in [0.29, 0.717) is 49.9 Å². The van der Waals surface area contributed by atoms with Crippen molar-refractivity contribution in [3.05, 3.63) is 28.4 Å². The first-order valence-corrected chi connectivity index (χ1v) is 18.0. The third-order valence-electron chi connectivity index (χ3n) is 7.45. The predicted octanol–water partition coefficient (Wildman–Crippen LogP) is 8.21. The van der Waals surface area contributed by atoms with Crippen LogP contribution in [0.2, 0.25) is 0 Å². The molecule has 0 saturated carbocycles. The van der Waals surface area contributed by atoms with Gasteiger partial charge in [0.1, 0.15) is 5.52 Å². The van der Waals surface area contributed by atoms with Crippen molar-refractivity contribution in [2.24, 2.45) is 0 Å². The number of unbranched alkanes of at least 4 members (excludes halogenated alkanes) is 15. The maximum absolute atomic E-state index is 13.0. The Bertz CT molecular complexity index is 1010. The summed E-state index contributed by atoms with van der Waals surface area (Å²) >= 11 is 0. The van der Waals surface area contributed by atoms with Gasteiger partial charge in [-0.25, -0.2) is 4.98 Å². The topological polar surface area (TPSA) is 118 Å². The van der Waals surface area contributed by atoms with E-state index in [1.54, 1.807) is 6.20 Å². The fraction of sp³-hybridized carbons (Fsp3) is 0.806. The van der Waals surface area contributed by atoms with Crippen molar-refractivity contribution >= 4 is 18.6 Å². The monoisotopic (exact) mass is 596 g/mol. The number of hydrogen-bond acceptors (Lipinski definition) is 7. The van der Waals surface area contributed by atoms with E-state index in [0.717, 1.165) is 18.4 Å². The van der Waals surface area contributed by atoms with Crippen LogP contribution in [0.15, 0.2) is 17.3 Å². The van der Waals surface area contributed by atoms with Crippen LogP contribution in [0.3, 0.4) is 0 Å². The van der Waals surface area contributed by atoms with Gasteiger partial charge in [-0.15, -0.1) is 0 Å². The smallest absolute Gasteiger partial charge is 0.332 e. The number of nitrogens with one attached hydrogen (secondary N) is 3. The fourth-order valence-electron chi connectivity index (χ4n) is 5.05. The number of aromatic nitrogens is 3. The molecular weight excluding hydrogens is 539 g/mol. The summed E-state index contributed by atoms with van der Waals surface area (Å²) in [4.78, 5) is 21.6. The standard InChI is InChI=1S/C31H57N4O5P/c1-3-5-6-7-8-9-10-11-12-13-14-15-16-17-18-19-22-38-27-40-41(37,39-4-2)23-20-21-32-24-28-25-33-30-29(28)34-26-35-31(30)36/h25-26,32-33H,3-24,27H2,1-2H3,(H,34,35,36). The molecule has 10 heteroatoms. The molecule has 41 heavy (non-hydrogen) atoms. The Labute approximate surface area is 247 Å². The molecule has 1 unspecified atom stereocenters. The van der Waals surface area contributed by atoms with Crippen molar-refractivity contribution in [3.63, 3.8) is 0 Å². The first-order chi connectivity index (χ1) is 20.1. The summed E-state index contributed by atoms with van der Waals surface area (Å²) in [6, 6.07) is 0. The first kappa shape index (κ1) is 35.7. The molecule has 0 aliphatic carbocycles. The minimum Gasteiger partial charge on any atom is -0.355 e. The molecule has 0 aromatic carbocycles. The predicted molar refractivity (Wildman–Crippen MR) is 169 cm³/mol. The molecule has 0 aliphatic heterocycles. The van der Waals surface area contributed by atoms with Gasteiger partial charge in [0, 0.05) is 24.9 Å². The summed E-state index contributed by atoms with van der Waals surface area (Å²) < 4.78 is 29.6. The Morgan fingerprint density at radius 3 is 2.02 bits per heavy atom. The van der Waals surface area contributed by atoms with Crippen molar-refractivity contribution < 1.29 is 18.3 Å². The molecule has 2 heterocycles. The number of H-pyrrole nitrogens is 2.